The number of rotatable bonds is 4. The summed E-state index contributed by atoms with van der Waals surface area (Å²) in [6, 6.07) is 8.21. The lowest BCUT2D eigenvalue weighted by Gasteiger charge is -2.29. The van der Waals surface area contributed by atoms with Crippen molar-refractivity contribution in [1.82, 2.24) is 10.2 Å². The number of hydrogen-bond donors (Lipinski definition) is 2. The van der Waals surface area contributed by atoms with Gasteiger partial charge in [0.05, 0.1) is 0 Å². The lowest BCUT2D eigenvalue weighted by molar-refractivity contribution is 0.226. The minimum absolute atomic E-state index is 0.187. The van der Waals surface area contributed by atoms with Crippen LogP contribution in [0, 0.1) is 0 Å². The van der Waals surface area contributed by atoms with Crippen LogP contribution in [0.3, 0.4) is 0 Å². The summed E-state index contributed by atoms with van der Waals surface area (Å²) < 4.78 is 0. The van der Waals surface area contributed by atoms with E-state index >= 15 is 0 Å². The van der Waals surface area contributed by atoms with Crippen LogP contribution in [-0.2, 0) is 6.54 Å². The first-order valence-electron chi connectivity index (χ1n) is 7.21. The van der Waals surface area contributed by atoms with E-state index in [1.165, 1.54) is 24.9 Å². The maximum Gasteiger partial charge on any atom is 0.115 e. The molecule has 0 saturated carbocycles. The van der Waals surface area contributed by atoms with E-state index < -0.39 is 0 Å². The molecule has 0 aromatic heterocycles. The minimum atomic E-state index is 0.187. The Hall–Kier alpha value is -1.06. The normalized spacial score (nSPS) is 20.9. The van der Waals surface area contributed by atoms with Crippen molar-refractivity contribution in [2.45, 2.75) is 51.7 Å². The lowest BCUT2D eigenvalue weighted by Crippen LogP contribution is -2.44. The van der Waals surface area contributed by atoms with E-state index in [2.05, 4.69) is 31.0 Å². The van der Waals surface area contributed by atoms with E-state index in [1.807, 2.05) is 12.1 Å². The summed E-state index contributed by atoms with van der Waals surface area (Å²) in [6.45, 7) is 9.86. The van der Waals surface area contributed by atoms with Gasteiger partial charge in [-0.25, -0.2) is 0 Å². The van der Waals surface area contributed by atoms with Crippen molar-refractivity contribution in [3.63, 3.8) is 0 Å². The first kappa shape index (κ1) is 14.4. The minimum Gasteiger partial charge on any atom is -0.508 e. The molecule has 0 aliphatic carbocycles. The summed E-state index contributed by atoms with van der Waals surface area (Å²) in [7, 11) is 0. The number of phenolic OH excluding ortho intramolecular Hbond substituents is 1. The molecule has 1 unspecified atom stereocenters. The zero-order valence-electron chi connectivity index (χ0n) is 12.3. The monoisotopic (exact) mass is 262 g/mol. The van der Waals surface area contributed by atoms with Crippen LogP contribution in [0.25, 0.3) is 0 Å². The fourth-order valence-electron chi connectivity index (χ4n) is 2.59. The van der Waals surface area contributed by atoms with Crippen LogP contribution in [0.4, 0.5) is 0 Å². The maximum absolute atomic E-state index is 9.32. The summed E-state index contributed by atoms with van der Waals surface area (Å²) in [6.07, 6.45) is 2.57. The van der Waals surface area contributed by atoms with Crippen LogP contribution in [0.5, 0.6) is 5.75 Å². The van der Waals surface area contributed by atoms with Crippen LogP contribution in [0.2, 0.25) is 0 Å². The number of aromatic hydroxyl groups is 1. The van der Waals surface area contributed by atoms with Crippen molar-refractivity contribution in [2.24, 2.45) is 0 Å². The first-order valence-corrected chi connectivity index (χ1v) is 7.21. The summed E-state index contributed by atoms with van der Waals surface area (Å²) >= 11 is 0. The predicted molar refractivity (Wildman–Crippen MR) is 79.3 cm³/mol. The Balaban J connectivity index is 1.90. The Morgan fingerprint density at radius 2 is 1.95 bits per heavy atom. The molecule has 1 aromatic rings. The molecular formula is C16H26N2O. The second-order valence-corrected chi connectivity index (χ2v) is 6.56. The first-order chi connectivity index (χ1) is 8.94. The summed E-state index contributed by atoms with van der Waals surface area (Å²) in [5, 5.41) is 12.9. The second kappa shape index (κ2) is 5.93. The summed E-state index contributed by atoms with van der Waals surface area (Å²) in [5.74, 6) is 0.344. The van der Waals surface area contributed by atoms with Gasteiger partial charge in [0.15, 0.2) is 0 Å². The molecule has 106 valence electrons. The molecule has 1 saturated heterocycles. The highest BCUT2D eigenvalue weighted by atomic mass is 16.3. The van der Waals surface area contributed by atoms with Gasteiger partial charge in [0.25, 0.3) is 0 Å². The SMILES string of the molecule is CC(C)(C)NCC1CCCN1Cc1ccc(O)cc1. The van der Waals surface area contributed by atoms with Gasteiger partial charge in [-0.05, 0) is 57.9 Å². The van der Waals surface area contributed by atoms with Crippen molar-refractivity contribution in [2.75, 3.05) is 13.1 Å². The molecule has 2 N–H and O–H groups in total. The van der Waals surface area contributed by atoms with Crippen LogP contribution in [-0.4, -0.2) is 34.7 Å². The molecule has 0 bridgehead atoms. The molecule has 1 aromatic carbocycles. The Kier molecular flexibility index (Phi) is 4.48. The van der Waals surface area contributed by atoms with Gasteiger partial charge in [-0.1, -0.05) is 12.1 Å². The maximum atomic E-state index is 9.32. The Morgan fingerprint density at radius 1 is 1.26 bits per heavy atom. The zero-order valence-corrected chi connectivity index (χ0v) is 12.3. The van der Waals surface area contributed by atoms with E-state index in [-0.39, 0.29) is 5.54 Å². The van der Waals surface area contributed by atoms with Gasteiger partial charge in [0.2, 0.25) is 0 Å². The third kappa shape index (κ3) is 4.51. The third-order valence-electron chi connectivity index (χ3n) is 3.69. The summed E-state index contributed by atoms with van der Waals surface area (Å²) in [4.78, 5) is 2.55. The van der Waals surface area contributed by atoms with Crippen LogP contribution in [0.15, 0.2) is 24.3 Å². The van der Waals surface area contributed by atoms with Crippen LogP contribution >= 0.6 is 0 Å². The van der Waals surface area contributed by atoms with Gasteiger partial charge >= 0.3 is 0 Å². The highest BCUT2D eigenvalue weighted by Crippen LogP contribution is 2.21. The predicted octanol–water partition coefficient (Wildman–Crippen LogP) is 2.74. The van der Waals surface area contributed by atoms with Gasteiger partial charge in [-0.3, -0.25) is 4.90 Å². The molecule has 1 fully saturated rings. The van der Waals surface area contributed by atoms with E-state index in [1.54, 1.807) is 12.1 Å². The summed E-state index contributed by atoms with van der Waals surface area (Å²) in [5.41, 5.74) is 1.47. The van der Waals surface area contributed by atoms with Crippen molar-refractivity contribution < 1.29 is 5.11 Å². The van der Waals surface area contributed by atoms with Crippen LogP contribution in [0.1, 0.15) is 39.2 Å². The van der Waals surface area contributed by atoms with Gasteiger partial charge < -0.3 is 10.4 Å². The fraction of sp³-hybridized carbons (Fsp3) is 0.625. The Bertz CT molecular complexity index is 394. The molecule has 0 radical (unpaired) electrons. The van der Waals surface area contributed by atoms with Crippen LogP contribution < -0.4 is 5.32 Å². The smallest absolute Gasteiger partial charge is 0.115 e. The molecule has 0 spiro atoms. The average Bonchev–Trinajstić information content (AvgIpc) is 2.76. The standard InChI is InChI=1S/C16H26N2O/c1-16(2,3)17-11-14-5-4-10-18(14)12-13-6-8-15(19)9-7-13/h6-9,14,17,19H,4-5,10-12H2,1-3H3. The van der Waals surface area contributed by atoms with Gasteiger partial charge in [-0.15, -0.1) is 0 Å². The largest absolute Gasteiger partial charge is 0.508 e. The average molecular weight is 262 g/mol. The molecule has 2 rings (SSSR count). The molecule has 1 heterocycles. The van der Waals surface area contributed by atoms with Crippen molar-refractivity contribution >= 4 is 0 Å². The van der Waals surface area contributed by atoms with Crippen molar-refractivity contribution in [1.29, 1.82) is 0 Å². The van der Waals surface area contributed by atoms with Gasteiger partial charge in [0.1, 0.15) is 5.75 Å². The lowest BCUT2D eigenvalue weighted by atomic mass is 10.1. The molecule has 19 heavy (non-hydrogen) atoms. The highest BCUT2D eigenvalue weighted by Gasteiger charge is 2.25. The third-order valence-corrected chi connectivity index (χ3v) is 3.69. The Labute approximate surface area is 116 Å². The van der Waals surface area contributed by atoms with E-state index in [0.717, 1.165) is 13.1 Å². The van der Waals surface area contributed by atoms with Crippen molar-refractivity contribution in [3.05, 3.63) is 29.8 Å². The number of nitrogens with one attached hydrogen (secondary N) is 1. The number of phenols is 1. The molecule has 1 atom stereocenters. The molecular weight excluding hydrogens is 236 g/mol. The topological polar surface area (TPSA) is 35.5 Å². The quantitative estimate of drug-likeness (QED) is 0.876. The van der Waals surface area contributed by atoms with E-state index in [4.69, 9.17) is 0 Å². The number of hydrogen-bond acceptors (Lipinski definition) is 3. The highest BCUT2D eigenvalue weighted by molar-refractivity contribution is 5.25. The number of likely N-dealkylation sites (tertiary alicyclic amines) is 1. The molecule has 0 amide bonds. The molecule has 1 aliphatic heterocycles. The molecule has 3 nitrogen and oxygen atoms in total. The fourth-order valence-corrected chi connectivity index (χ4v) is 2.59. The van der Waals surface area contributed by atoms with Gasteiger partial charge in [-0.2, -0.15) is 0 Å². The van der Waals surface area contributed by atoms with E-state index in [9.17, 15) is 5.11 Å². The molecule has 1 aliphatic rings. The van der Waals surface area contributed by atoms with Gasteiger partial charge in [0, 0.05) is 24.7 Å². The second-order valence-electron chi connectivity index (χ2n) is 6.56. The number of benzene rings is 1. The number of nitrogens with zero attached hydrogens (tertiary/aromatic N) is 1. The van der Waals surface area contributed by atoms with Crippen molar-refractivity contribution in [3.8, 4) is 5.75 Å². The molecule has 3 heteroatoms. The van der Waals surface area contributed by atoms with E-state index in [0.29, 0.717) is 11.8 Å². The Morgan fingerprint density at radius 3 is 2.58 bits per heavy atom. The zero-order chi connectivity index (χ0) is 13.9.